The maximum Gasteiger partial charge on any atom is 0.224 e. The molecular weight excluding hydrogens is 266 g/mol. The molecule has 1 aromatic carbocycles. The molecule has 0 spiro atoms. The van der Waals surface area contributed by atoms with Gasteiger partial charge in [-0.15, -0.1) is 0 Å². The van der Waals surface area contributed by atoms with Gasteiger partial charge in [-0.2, -0.15) is 0 Å². The van der Waals surface area contributed by atoms with Gasteiger partial charge in [0.05, 0.1) is 18.5 Å². The minimum Gasteiger partial charge on any atom is -0.494 e. The molecule has 0 unspecified atom stereocenters. The quantitative estimate of drug-likeness (QED) is 0.855. The number of nitrogen functional groups attached to an aromatic ring is 1. The van der Waals surface area contributed by atoms with Crippen LogP contribution < -0.4 is 15.8 Å². The van der Waals surface area contributed by atoms with E-state index >= 15 is 0 Å². The predicted octanol–water partition coefficient (Wildman–Crippen LogP) is 2.63. The monoisotopic (exact) mass is 285 g/mol. The molecule has 2 rings (SSSR count). The van der Waals surface area contributed by atoms with E-state index in [2.05, 4.69) is 10.3 Å². The third kappa shape index (κ3) is 4.80. The van der Waals surface area contributed by atoms with Crippen LogP contribution in [0, 0.1) is 0 Å². The number of aryl methyl sites for hydroxylation is 1. The summed E-state index contributed by atoms with van der Waals surface area (Å²) in [6.07, 6.45) is 2.64. The van der Waals surface area contributed by atoms with Gasteiger partial charge in [-0.05, 0) is 43.2 Å². The Labute approximate surface area is 124 Å². The second kappa shape index (κ2) is 7.28. The van der Waals surface area contributed by atoms with Crippen LogP contribution in [0.3, 0.4) is 0 Å². The van der Waals surface area contributed by atoms with Crippen LogP contribution in [0.5, 0.6) is 5.75 Å². The average Bonchev–Trinajstić information content (AvgIpc) is 2.49. The SMILES string of the molecule is CCOc1ccc(CCC(=O)Nc2ccc(N)nc2)cc1. The Morgan fingerprint density at radius 1 is 1.24 bits per heavy atom. The van der Waals surface area contributed by atoms with Crippen LogP contribution in [0.15, 0.2) is 42.6 Å². The van der Waals surface area contributed by atoms with E-state index in [0.29, 0.717) is 31.0 Å². The molecule has 3 N–H and O–H groups in total. The van der Waals surface area contributed by atoms with E-state index in [0.717, 1.165) is 11.3 Å². The molecule has 0 atom stereocenters. The summed E-state index contributed by atoms with van der Waals surface area (Å²) in [6.45, 7) is 2.60. The van der Waals surface area contributed by atoms with Gasteiger partial charge in [0.15, 0.2) is 0 Å². The fraction of sp³-hybridized carbons (Fsp3) is 0.250. The second-order valence-electron chi connectivity index (χ2n) is 4.60. The number of aromatic nitrogens is 1. The smallest absolute Gasteiger partial charge is 0.224 e. The predicted molar refractivity (Wildman–Crippen MR) is 83.2 cm³/mol. The standard InChI is InChI=1S/C16H19N3O2/c1-2-21-14-7-3-12(4-8-14)5-10-16(20)19-13-6-9-15(17)18-11-13/h3-4,6-9,11H,2,5,10H2,1H3,(H2,17,18)(H,19,20). The first-order valence-corrected chi connectivity index (χ1v) is 6.90. The molecule has 5 nitrogen and oxygen atoms in total. The number of rotatable bonds is 6. The van der Waals surface area contributed by atoms with Crippen LogP contribution >= 0.6 is 0 Å². The van der Waals surface area contributed by atoms with Crippen LogP contribution in [0.4, 0.5) is 11.5 Å². The summed E-state index contributed by atoms with van der Waals surface area (Å²) >= 11 is 0. The van der Waals surface area contributed by atoms with Gasteiger partial charge >= 0.3 is 0 Å². The van der Waals surface area contributed by atoms with E-state index in [1.165, 1.54) is 0 Å². The van der Waals surface area contributed by atoms with Crippen LogP contribution in [-0.4, -0.2) is 17.5 Å². The molecular formula is C16H19N3O2. The summed E-state index contributed by atoms with van der Waals surface area (Å²) in [7, 11) is 0. The molecule has 1 heterocycles. The number of benzene rings is 1. The number of anilines is 2. The Bertz CT molecular complexity index is 579. The summed E-state index contributed by atoms with van der Waals surface area (Å²) in [5, 5.41) is 2.79. The number of nitrogens with one attached hydrogen (secondary N) is 1. The molecule has 2 aromatic rings. The van der Waals surface area contributed by atoms with E-state index in [4.69, 9.17) is 10.5 Å². The highest BCUT2D eigenvalue weighted by Gasteiger charge is 2.04. The highest BCUT2D eigenvalue weighted by Crippen LogP contribution is 2.14. The topological polar surface area (TPSA) is 77.2 Å². The molecule has 1 amide bonds. The fourth-order valence-electron chi connectivity index (χ4n) is 1.88. The molecule has 0 saturated heterocycles. The lowest BCUT2D eigenvalue weighted by atomic mass is 10.1. The van der Waals surface area contributed by atoms with E-state index in [-0.39, 0.29) is 5.91 Å². The number of hydrogen-bond acceptors (Lipinski definition) is 4. The summed E-state index contributed by atoms with van der Waals surface area (Å²) in [4.78, 5) is 15.8. The van der Waals surface area contributed by atoms with Crippen molar-refractivity contribution in [3.05, 3.63) is 48.2 Å². The molecule has 0 fully saturated rings. The van der Waals surface area contributed by atoms with Gasteiger partial charge in [0.1, 0.15) is 11.6 Å². The van der Waals surface area contributed by atoms with Gasteiger partial charge in [0.2, 0.25) is 5.91 Å². The molecule has 0 aliphatic heterocycles. The van der Waals surface area contributed by atoms with Crippen molar-refractivity contribution in [2.24, 2.45) is 0 Å². The van der Waals surface area contributed by atoms with Gasteiger partial charge in [0, 0.05) is 6.42 Å². The lowest BCUT2D eigenvalue weighted by molar-refractivity contribution is -0.116. The average molecular weight is 285 g/mol. The highest BCUT2D eigenvalue weighted by molar-refractivity contribution is 5.90. The van der Waals surface area contributed by atoms with Crippen molar-refractivity contribution in [3.63, 3.8) is 0 Å². The lowest BCUT2D eigenvalue weighted by Gasteiger charge is -2.06. The molecule has 0 aliphatic rings. The zero-order chi connectivity index (χ0) is 15.1. The number of nitrogens with zero attached hydrogens (tertiary/aromatic N) is 1. The van der Waals surface area contributed by atoms with Gasteiger partial charge in [-0.25, -0.2) is 4.98 Å². The fourth-order valence-corrected chi connectivity index (χ4v) is 1.88. The number of carbonyl (C=O) groups excluding carboxylic acids is 1. The number of amides is 1. The Morgan fingerprint density at radius 3 is 2.62 bits per heavy atom. The number of hydrogen-bond donors (Lipinski definition) is 2. The van der Waals surface area contributed by atoms with E-state index in [1.807, 2.05) is 31.2 Å². The number of carbonyl (C=O) groups is 1. The van der Waals surface area contributed by atoms with Crippen molar-refractivity contribution in [1.29, 1.82) is 0 Å². The maximum absolute atomic E-state index is 11.8. The summed E-state index contributed by atoms with van der Waals surface area (Å²) in [6, 6.07) is 11.2. The van der Waals surface area contributed by atoms with Gasteiger partial charge in [-0.3, -0.25) is 4.79 Å². The Kier molecular flexibility index (Phi) is 5.15. The van der Waals surface area contributed by atoms with Gasteiger partial charge in [-0.1, -0.05) is 12.1 Å². The van der Waals surface area contributed by atoms with Crippen molar-refractivity contribution in [3.8, 4) is 5.75 Å². The van der Waals surface area contributed by atoms with Crippen molar-refractivity contribution in [2.45, 2.75) is 19.8 Å². The number of ether oxygens (including phenoxy) is 1. The zero-order valence-electron chi connectivity index (χ0n) is 12.0. The van der Waals surface area contributed by atoms with Crippen LogP contribution in [-0.2, 0) is 11.2 Å². The summed E-state index contributed by atoms with van der Waals surface area (Å²) in [5.41, 5.74) is 7.25. The van der Waals surface area contributed by atoms with Crippen molar-refractivity contribution < 1.29 is 9.53 Å². The van der Waals surface area contributed by atoms with Gasteiger partial charge < -0.3 is 15.8 Å². The molecule has 0 radical (unpaired) electrons. The summed E-state index contributed by atoms with van der Waals surface area (Å²) < 4.78 is 5.38. The molecule has 1 aromatic heterocycles. The molecule has 21 heavy (non-hydrogen) atoms. The minimum atomic E-state index is -0.0459. The van der Waals surface area contributed by atoms with Crippen LogP contribution in [0.2, 0.25) is 0 Å². The Morgan fingerprint density at radius 2 is 2.00 bits per heavy atom. The van der Waals surface area contributed by atoms with E-state index in [9.17, 15) is 4.79 Å². The third-order valence-corrected chi connectivity index (χ3v) is 2.95. The first-order valence-electron chi connectivity index (χ1n) is 6.90. The maximum atomic E-state index is 11.8. The molecule has 5 heteroatoms. The minimum absolute atomic E-state index is 0.0459. The first-order chi connectivity index (χ1) is 10.2. The van der Waals surface area contributed by atoms with Crippen molar-refractivity contribution in [1.82, 2.24) is 4.98 Å². The lowest BCUT2D eigenvalue weighted by Crippen LogP contribution is -2.12. The van der Waals surface area contributed by atoms with Crippen molar-refractivity contribution >= 4 is 17.4 Å². The van der Waals surface area contributed by atoms with Crippen molar-refractivity contribution in [2.75, 3.05) is 17.7 Å². The van der Waals surface area contributed by atoms with Gasteiger partial charge in [0.25, 0.3) is 0 Å². The van der Waals surface area contributed by atoms with E-state index < -0.39 is 0 Å². The zero-order valence-corrected chi connectivity index (χ0v) is 12.0. The molecule has 110 valence electrons. The molecule has 0 aliphatic carbocycles. The van der Waals surface area contributed by atoms with Crippen LogP contribution in [0.25, 0.3) is 0 Å². The molecule has 0 bridgehead atoms. The Hall–Kier alpha value is -2.56. The number of pyridine rings is 1. The number of nitrogens with two attached hydrogens (primary N) is 1. The normalized spacial score (nSPS) is 10.1. The first kappa shape index (κ1) is 14.8. The largest absolute Gasteiger partial charge is 0.494 e. The summed E-state index contributed by atoms with van der Waals surface area (Å²) in [5.74, 6) is 1.23. The van der Waals surface area contributed by atoms with E-state index in [1.54, 1.807) is 18.3 Å². The molecule has 0 saturated carbocycles. The van der Waals surface area contributed by atoms with Crippen LogP contribution in [0.1, 0.15) is 18.9 Å². The third-order valence-electron chi connectivity index (χ3n) is 2.95. The second-order valence-corrected chi connectivity index (χ2v) is 4.60. The highest BCUT2D eigenvalue weighted by atomic mass is 16.5. The Balaban J connectivity index is 1.81.